The third kappa shape index (κ3) is 8.14. The molecule has 1 rings (SSSR count). The van der Waals surface area contributed by atoms with Gasteiger partial charge in [0.05, 0.1) is 18.5 Å². The van der Waals surface area contributed by atoms with Gasteiger partial charge in [0, 0.05) is 10.8 Å². The van der Waals surface area contributed by atoms with Crippen LogP contribution >= 0.6 is 23.4 Å². The summed E-state index contributed by atoms with van der Waals surface area (Å²) in [5.41, 5.74) is 1.14. The Morgan fingerprint density at radius 3 is 2.58 bits per heavy atom. The number of thioether (sulfide) groups is 1. The van der Waals surface area contributed by atoms with E-state index < -0.39 is 0 Å². The highest BCUT2D eigenvalue weighted by Crippen LogP contribution is 2.15. The van der Waals surface area contributed by atoms with E-state index in [2.05, 4.69) is 0 Å². The van der Waals surface area contributed by atoms with Gasteiger partial charge in [-0.3, -0.25) is 4.79 Å². The third-order valence-electron chi connectivity index (χ3n) is 2.20. The van der Waals surface area contributed by atoms with Gasteiger partial charge in [-0.15, -0.1) is 11.8 Å². The van der Waals surface area contributed by atoms with Gasteiger partial charge >= 0.3 is 5.97 Å². The molecule has 0 saturated heterocycles. The minimum Gasteiger partial charge on any atom is -0.463 e. The normalized spacial score (nSPS) is 10.7. The Morgan fingerprint density at radius 2 is 1.95 bits per heavy atom. The van der Waals surface area contributed by atoms with Gasteiger partial charge in [0.1, 0.15) is 6.61 Å². The third-order valence-corrected chi connectivity index (χ3v) is 3.43. The number of halogens is 1. The maximum Gasteiger partial charge on any atom is 0.315 e. The Morgan fingerprint density at radius 1 is 1.26 bits per heavy atom. The van der Waals surface area contributed by atoms with Crippen LogP contribution in [0.3, 0.4) is 0 Å². The Bertz CT molecular complexity index is 379. The molecular formula is C14H19ClO3S. The van der Waals surface area contributed by atoms with Crippen molar-refractivity contribution in [1.82, 2.24) is 0 Å². The summed E-state index contributed by atoms with van der Waals surface area (Å²) < 4.78 is 10.3. The first-order valence-electron chi connectivity index (χ1n) is 6.17. The van der Waals surface area contributed by atoms with E-state index in [1.807, 2.05) is 38.1 Å². The minimum absolute atomic E-state index is 0.165. The Balaban J connectivity index is 2.08. The molecule has 3 nitrogen and oxygen atoms in total. The quantitative estimate of drug-likeness (QED) is 0.543. The molecule has 0 aliphatic heterocycles. The Kier molecular flexibility index (Phi) is 7.94. The zero-order chi connectivity index (χ0) is 14.1. The summed E-state index contributed by atoms with van der Waals surface area (Å²) in [5, 5.41) is 0.721. The van der Waals surface area contributed by atoms with E-state index in [1.165, 1.54) is 11.8 Å². The monoisotopic (exact) mass is 302 g/mol. The van der Waals surface area contributed by atoms with E-state index in [0.29, 0.717) is 19.0 Å². The fraction of sp³-hybridized carbons (Fsp3) is 0.500. The molecule has 0 aliphatic rings. The number of esters is 1. The van der Waals surface area contributed by atoms with Gasteiger partial charge in [0.2, 0.25) is 0 Å². The zero-order valence-electron chi connectivity index (χ0n) is 11.2. The summed E-state index contributed by atoms with van der Waals surface area (Å²) in [6.07, 6.45) is 0.165. The number of rotatable bonds is 8. The second-order valence-electron chi connectivity index (χ2n) is 4.26. The predicted octanol–water partition coefficient (Wildman–Crippen LogP) is 3.54. The molecular weight excluding hydrogens is 284 g/mol. The molecule has 0 N–H and O–H groups in total. The summed E-state index contributed by atoms with van der Waals surface area (Å²) in [6.45, 7) is 4.66. The molecule has 0 aromatic heterocycles. The minimum atomic E-state index is -0.202. The molecule has 0 unspecified atom stereocenters. The number of ether oxygens (including phenoxy) is 2. The maximum absolute atomic E-state index is 11.4. The highest BCUT2D eigenvalue weighted by Gasteiger charge is 2.04. The topological polar surface area (TPSA) is 35.5 Å². The lowest BCUT2D eigenvalue weighted by molar-refractivity contribution is -0.142. The molecule has 0 bridgehead atoms. The SMILES string of the molecule is CC(C)OCCOC(=O)CSCc1ccc(Cl)cc1. The number of carbonyl (C=O) groups is 1. The van der Waals surface area contributed by atoms with Gasteiger partial charge in [-0.05, 0) is 31.5 Å². The van der Waals surface area contributed by atoms with Crippen LogP contribution in [-0.2, 0) is 20.0 Å². The molecule has 106 valence electrons. The van der Waals surface area contributed by atoms with Crippen LogP contribution < -0.4 is 0 Å². The first kappa shape index (κ1) is 16.3. The number of carbonyl (C=O) groups excluding carboxylic acids is 1. The molecule has 0 aliphatic carbocycles. The fourth-order valence-electron chi connectivity index (χ4n) is 1.31. The molecule has 1 aromatic rings. The maximum atomic E-state index is 11.4. The van der Waals surface area contributed by atoms with Crippen LogP contribution in [0, 0.1) is 0 Å². The summed E-state index contributed by atoms with van der Waals surface area (Å²) in [5.74, 6) is 0.922. The second kappa shape index (κ2) is 9.23. The molecule has 19 heavy (non-hydrogen) atoms. The Labute approximate surface area is 123 Å². The smallest absolute Gasteiger partial charge is 0.315 e. The van der Waals surface area contributed by atoms with Crippen LogP contribution in [-0.4, -0.2) is 31.0 Å². The van der Waals surface area contributed by atoms with E-state index in [9.17, 15) is 4.79 Å². The molecule has 0 atom stereocenters. The highest BCUT2D eigenvalue weighted by atomic mass is 35.5. The molecule has 0 heterocycles. The average Bonchev–Trinajstić information content (AvgIpc) is 2.37. The number of hydrogen-bond acceptors (Lipinski definition) is 4. The lowest BCUT2D eigenvalue weighted by Crippen LogP contribution is -2.14. The van der Waals surface area contributed by atoms with Gasteiger partial charge in [0.15, 0.2) is 0 Å². The molecule has 0 saturated carbocycles. The van der Waals surface area contributed by atoms with E-state index in [1.54, 1.807) is 0 Å². The average molecular weight is 303 g/mol. The van der Waals surface area contributed by atoms with Crippen LogP contribution in [0.5, 0.6) is 0 Å². The van der Waals surface area contributed by atoms with Gasteiger partial charge in [-0.1, -0.05) is 23.7 Å². The fourth-order valence-corrected chi connectivity index (χ4v) is 2.22. The van der Waals surface area contributed by atoms with Crippen molar-refractivity contribution in [3.05, 3.63) is 34.9 Å². The molecule has 5 heteroatoms. The van der Waals surface area contributed by atoms with Crippen molar-refractivity contribution in [3.8, 4) is 0 Å². The number of hydrogen-bond donors (Lipinski definition) is 0. The van der Waals surface area contributed by atoms with Crippen molar-refractivity contribution in [2.45, 2.75) is 25.7 Å². The van der Waals surface area contributed by atoms with E-state index >= 15 is 0 Å². The van der Waals surface area contributed by atoms with Crippen molar-refractivity contribution in [1.29, 1.82) is 0 Å². The van der Waals surface area contributed by atoms with Crippen LogP contribution in [0.25, 0.3) is 0 Å². The summed E-state index contributed by atoms with van der Waals surface area (Å²) >= 11 is 7.32. The molecule has 0 amide bonds. The van der Waals surface area contributed by atoms with Crippen LogP contribution in [0.15, 0.2) is 24.3 Å². The number of benzene rings is 1. The van der Waals surface area contributed by atoms with E-state index in [4.69, 9.17) is 21.1 Å². The van der Waals surface area contributed by atoms with Crippen molar-refractivity contribution in [2.75, 3.05) is 19.0 Å². The van der Waals surface area contributed by atoms with Crippen molar-refractivity contribution < 1.29 is 14.3 Å². The summed E-state index contributed by atoms with van der Waals surface area (Å²) in [7, 11) is 0. The van der Waals surface area contributed by atoms with Gasteiger partial charge < -0.3 is 9.47 Å². The van der Waals surface area contributed by atoms with Gasteiger partial charge in [0.25, 0.3) is 0 Å². The van der Waals surface area contributed by atoms with Gasteiger partial charge in [-0.25, -0.2) is 0 Å². The standard InChI is InChI=1S/C14H19ClO3S/c1-11(2)17-7-8-18-14(16)10-19-9-12-3-5-13(15)6-4-12/h3-6,11H,7-10H2,1-2H3. The van der Waals surface area contributed by atoms with E-state index in [0.717, 1.165) is 16.3 Å². The van der Waals surface area contributed by atoms with Crippen molar-refractivity contribution in [3.63, 3.8) is 0 Å². The van der Waals surface area contributed by atoms with Crippen molar-refractivity contribution >= 4 is 29.3 Å². The second-order valence-corrected chi connectivity index (χ2v) is 5.68. The van der Waals surface area contributed by atoms with Crippen LogP contribution in [0.2, 0.25) is 5.02 Å². The van der Waals surface area contributed by atoms with E-state index in [-0.39, 0.29) is 12.1 Å². The molecule has 0 spiro atoms. The predicted molar refractivity (Wildman–Crippen MR) is 79.7 cm³/mol. The van der Waals surface area contributed by atoms with Crippen molar-refractivity contribution in [2.24, 2.45) is 0 Å². The molecule has 0 fully saturated rings. The summed E-state index contributed by atoms with van der Waals surface area (Å²) in [6, 6.07) is 7.60. The first-order chi connectivity index (χ1) is 9.08. The van der Waals surface area contributed by atoms with Crippen LogP contribution in [0.4, 0.5) is 0 Å². The highest BCUT2D eigenvalue weighted by molar-refractivity contribution is 7.99. The van der Waals surface area contributed by atoms with Crippen LogP contribution in [0.1, 0.15) is 19.4 Å². The van der Waals surface area contributed by atoms with Gasteiger partial charge in [-0.2, -0.15) is 0 Å². The summed E-state index contributed by atoms with van der Waals surface area (Å²) in [4.78, 5) is 11.4. The molecule has 1 aromatic carbocycles. The zero-order valence-corrected chi connectivity index (χ0v) is 12.8. The lowest BCUT2D eigenvalue weighted by Gasteiger charge is -2.08. The lowest BCUT2D eigenvalue weighted by atomic mass is 10.2. The first-order valence-corrected chi connectivity index (χ1v) is 7.70. The largest absolute Gasteiger partial charge is 0.463 e. The molecule has 0 radical (unpaired) electrons. The Hall–Kier alpha value is -0.710.